The van der Waals surface area contributed by atoms with Gasteiger partial charge < -0.3 is 4.74 Å². The Balaban J connectivity index is 2.54. The van der Waals surface area contributed by atoms with Crippen molar-refractivity contribution in [1.82, 2.24) is 14.8 Å². The van der Waals surface area contributed by atoms with E-state index in [1.807, 2.05) is 0 Å². The molecule has 0 amide bonds. The molecule has 2 rings (SSSR count). The van der Waals surface area contributed by atoms with Crippen molar-refractivity contribution < 1.29 is 4.74 Å². The fourth-order valence-corrected chi connectivity index (χ4v) is 1.53. The standard InChI is InChI=1S/C9H10ClN3O2/c1-15-5-4-13-8-6(9(14)12-13)2-3-7(10)11-8/h2-3H,4-5H2,1H3,(H,12,14). The lowest BCUT2D eigenvalue weighted by Crippen LogP contribution is -2.09. The number of fused-ring (bicyclic) bond motifs is 1. The molecule has 0 aliphatic heterocycles. The number of nitrogens with zero attached hydrogens (tertiary/aromatic N) is 2. The number of hydrogen-bond donors (Lipinski definition) is 1. The Kier molecular flexibility index (Phi) is 2.75. The van der Waals surface area contributed by atoms with Gasteiger partial charge in [0.1, 0.15) is 5.15 Å². The third-order valence-corrected chi connectivity index (χ3v) is 2.31. The van der Waals surface area contributed by atoms with Gasteiger partial charge in [-0.1, -0.05) is 11.6 Å². The van der Waals surface area contributed by atoms with Gasteiger partial charge in [-0.25, -0.2) is 4.98 Å². The summed E-state index contributed by atoms with van der Waals surface area (Å²) in [4.78, 5) is 15.6. The van der Waals surface area contributed by atoms with Crippen LogP contribution in [0, 0.1) is 0 Å². The highest BCUT2D eigenvalue weighted by Gasteiger charge is 2.07. The zero-order valence-corrected chi connectivity index (χ0v) is 8.91. The molecule has 15 heavy (non-hydrogen) atoms. The summed E-state index contributed by atoms with van der Waals surface area (Å²) in [5.74, 6) is 0. The van der Waals surface area contributed by atoms with Crippen molar-refractivity contribution >= 4 is 22.6 Å². The topological polar surface area (TPSA) is 59.9 Å². The van der Waals surface area contributed by atoms with Crippen LogP contribution in [0.25, 0.3) is 11.0 Å². The second kappa shape index (κ2) is 4.04. The number of aromatic amines is 1. The van der Waals surface area contributed by atoms with Gasteiger partial charge in [0, 0.05) is 7.11 Å². The Labute approximate surface area is 90.6 Å². The quantitative estimate of drug-likeness (QED) is 0.797. The number of rotatable bonds is 3. The largest absolute Gasteiger partial charge is 0.383 e. The molecular weight excluding hydrogens is 218 g/mol. The molecule has 5 nitrogen and oxygen atoms in total. The van der Waals surface area contributed by atoms with E-state index in [-0.39, 0.29) is 5.56 Å². The predicted molar refractivity (Wildman–Crippen MR) is 57.2 cm³/mol. The average Bonchev–Trinajstić information content (AvgIpc) is 2.52. The van der Waals surface area contributed by atoms with Gasteiger partial charge in [-0.2, -0.15) is 0 Å². The van der Waals surface area contributed by atoms with Crippen LogP contribution in [0.2, 0.25) is 5.15 Å². The maximum absolute atomic E-state index is 11.5. The van der Waals surface area contributed by atoms with Crippen LogP contribution < -0.4 is 5.56 Å². The van der Waals surface area contributed by atoms with Crippen LogP contribution in [0.1, 0.15) is 0 Å². The number of hydrogen-bond acceptors (Lipinski definition) is 3. The van der Waals surface area contributed by atoms with Crippen molar-refractivity contribution in [1.29, 1.82) is 0 Å². The maximum Gasteiger partial charge on any atom is 0.273 e. The fraction of sp³-hybridized carbons (Fsp3) is 0.333. The number of methoxy groups -OCH3 is 1. The molecule has 0 aliphatic rings. The van der Waals surface area contributed by atoms with Crippen molar-refractivity contribution in [2.24, 2.45) is 0 Å². The van der Waals surface area contributed by atoms with Crippen molar-refractivity contribution in [3.05, 3.63) is 27.6 Å². The minimum Gasteiger partial charge on any atom is -0.383 e. The number of H-pyrrole nitrogens is 1. The highest BCUT2D eigenvalue weighted by atomic mass is 35.5. The van der Waals surface area contributed by atoms with Crippen molar-refractivity contribution in [2.75, 3.05) is 13.7 Å². The lowest BCUT2D eigenvalue weighted by molar-refractivity contribution is 0.184. The number of halogens is 1. The molecule has 2 aromatic heterocycles. The summed E-state index contributed by atoms with van der Waals surface area (Å²) >= 11 is 5.76. The molecule has 0 unspecified atom stereocenters. The summed E-state index contributed by atoms with van der Waals surface area (Å²) in [6, 6.07) is 3.26. The number of aromatic nitrogens is 3. The fourth-order valence-electron chi connectivity index (χ4n) is 1.39. The second-order valence-electron chi connectivity index (χ2n) is 3.09. The van der Waals surface area contributed by atoms with Crippen LogP contribution in [0.4, 0.5) is 0 Å². The third-order valence-electron chi connectivity index (χ3n) is 2.10. The first kappa shape index (κ1) is 10.2. The van der Waals surface area contributed by atoms with Crippen molar-refractivity contribution in [3.8, 4) is 0 Å². The molecular formula is C9H10ClN3O2. The number of ether oxygens (including phenoxy) is 1. The van der Waals surface area contributed by atoms with E-state index in [2.05, 4.69) is 10.1 Å². The Morgan fingerprint density at radius 3 is 3.13 bits per heavy atom. The summed E-state index contributed by atoms with van der Waals surface area (Å²) in [6.07, 6.45) is 0. The molecule has 6 heteroatoms. The molecule has 0 atom stereocenters. The first-order valence-corrected chi connectivity index (χ1v) is 4.84. The number of nitrogens with one attached hydrogen (secondary N) is 1. The molecule has 0 bridgehead atoms. The molecule has 0 aliphatic carbocycles. The Morgan fingerprint density at radius 1 is 1.60 bits per heavy atom. The smallest absolute Gasteiger partial charge is 0.273 e. The molecule has 0 aromatic carbocycles. The molecule has 0 fully saturated rings. The van der Waals surface area contributed by atoms with E-state index in [1.54, 1.807) is 23.9 Å². The van der Waals surface area contributed by atoms with Crippen LogP contribution in [-0.4, -0.2) is 28.5 Å². The molecule has 0 saturated heterocycles. The summed E-state index contributed by atoms with van der Waals surface area (Å²) in [5, 5.41) is 3.58. The van der Waals surface area contributed by atoms with Gasteiger partial charge >= 0.3 is 0 Å². The lowest BCUT2D eigenvalue weighted by Gasteiger charge is -2.02. The third kappa shape index (κ3) is 1.88. The van der Waals surface area contributed by atoms with Gasteiger partial charge in [-0.15, -0.1) is 0 Å². The van der Waals surface area contributed by atoms with Crippen LogP contribution in [0.5, 0.6) is 0 Å². The van der Waals surface area contributed by atoms with Gasteiger partial charge in [0.25, 0.3) is 5.56 Å². The van der Waals surface area contributed by atoms with E-state index in [0.29, 0.717) is 29.3 Å². The van der Waals surface area contributed by atoms with E-state index in [4.69, 9.17) is 16.3 Å². The summed E-state index contributed by atoms with van der Waals surface area (Å²) < 4.78 is 6.56. The number of pyridine rings is 1. The predicted octanol–water partition coefficient (Wildman–Crippen LogP) is 1.02. The van der Waals surface area contributed by atoms with E-state index in [9.17, 15) is 4.79 Å². The summed E-state index contributed by atoms with van der Waals surface area (Å²) in [5.41, 5.74) is 0.398. The Bertz CT molecular complexity index is 532. The zero-order valence-electron chi connectivity index (χ0n) is 8.16. The van der Waals surface area contributed by atoms with Gasteiger partial charge in [-0.3, -0.25) is 14.6 Å². The molecule has 2 aromatic rings. The van der Waals surface area contributed by atoms with E-state index < -0.39 is 0 Å². The first-order chi connectivity index (χ1) is 7.22. The maximum atomic E-state index is 11.5. The molecule has 2 heterocycles. The summed E-state index contributed by atoms with van der Waals surface area (Å²) in [6.45, 7) is 1.05. The SMILES string of the molecule is COCCn1[nH]c(=O)c2ccc(Cl)nc21. The average molecular weight is 228 g/mol. The van der Waals surface area contributed by atoms with Crippen molar-refractivity contribution in [3.63, 3.8) is 0 Å². The van der Waals surface area contributed by atoms with Crippen LogP contribution >= 0.6 is 11.6 Å². The molecule has 1 N–H and O–H groups in total. The van der Waals surface area contributed by atoms with Gasteiger partial charge in [0.15, 0.2) is 5.65 Å². The second-order valence-corrected chi connectivity index (χ2v) is 3.48. The highest BCUT2D eigenvalue weighted by molar-refractivity contribution is 6.29. The molecule has 80 valence electrons. The van der Waals surface area contributed by atoms with Crippen LogP contribution in [0.3, 0.4) is 0 Å². The Hall–Kier alpha value is -1.33. The minimum atomic E-state index is -0.162. The lowest BCUT2D eigenvalue weighted by atomic mass is 10.3. The Morgan fingerprint density at radius 2 is 2.40 bits per heavy atom. The molecule has 0 spiro atoms. The van der Waals surface area contributed by atoms with Crippen LogP contribution in [-0.2, 0) is 11.3 Å². The monoisotopic (exact) mass is 227 g/mol. The van der Waals surface area contributed by atoms with E-state index in [1.165, 1.54) is 0 Å². The first-order valence-electron chi connectivity index (χ1n) is 4.46. The molecule has 0 saturated carbocycles. The van der Waals surface area contributed by atoms with Gasteiger partial charge in [-0.05, 0) is 12.1 Å². The highest BCUT2D eigenvalue weighted by Crippen LogP contribution is 2.11. The van der Waals surface area contributed by atoms with Gasteiger partial charge in [0.05, 0.1) is 18.5 Å². The summed E-state index contributed by atoms with van der Waals surface area (Å²) in [7, 11) is 1.60. The van der Waals surface area contributed by atoms with Crippen LogP contribution in [0.15, 0.2) is 16.9 Å². The zero-order chi connectivity index (χ0) is 10.8. The van der Waals surface area contributed by atoms with Crippen molar-refractivity contribution in [2.45, 2.75) is 6.54 Å². The minimum absolute atomic E-state index is 0.162. The molecule has 0 radical (unpaired) electrons. The van der Waals surface area contributed by atoms with Gasteiger partial charge in [0.2, 0.25) is 0 Å². The van der Waals surface area contributed by atoms with E-state index in [0.717, 1.165) is 0 Å². The van der Waals surface area contributed by atoms with E-state index >= 15 is 0 Å². The normalized spacial score (nSPS) is 11.1.